The molecule has 1 aromatic carbocycles. The zero-order valence-electron chi connectivity index (χ0n) is 10.6. The molecule has 0 spiro atoms. The molecule has 3 N–H and O–H groups in total. The number of nitrogens with one attached hydrogen (secondary N) is 1. The summed E-state index contributed by atoms with van der Waals surface area (Å²) in [5, 5.41) is 0. The van der Waals surface area contributed by atoms with Gasteiger partial charge in [0.05, 0.1) is 4.90 Å². The number of rotatable bonds is 6. The van der Waals surface area contributed by atoms with E-state index in [-0.39, 0.29) is 0 Å². The van der Waals surface area contributed by atoms with E-state index in [2.05, 4.69) is 11.6 Å². The van der Waals surface area contributed by atoms with Crippen molar-refractivity contribution in [1.29, 1.82) is 0 Å². The molecule has 1 fully saturated rings. The summed E-state index contributed by atoms with van der Waals surface area (Å²) in [6.07, 6.45) is 2.46. The first-order chi connectivity index (χ1) is 8.53. The highest BCUT2D eigenvalue weighted by Gasteiger charge is 2.28. The SMILES string of the molecule is CC(CNS(=O)(=O)c1cccc(CN)c1)C1CC1. The Bertz CT molecular complexity index is 509. The van der Waals surface area contributed by atoms with Crippen LogP contribution in [0.5, 0.6) is 0 Å². The molecule has 2 rings (SSSR count). The normalized spacial score (nSPS) is 17.7. The van der Waals surface area contributed by atoms with Gasteiger partial charge in [-0.15, -0.1) is 0 Å². The molecule has 4 nitrogen and oxygen atoms in total. The fraction of sp³-hybridized carbons (Fsp3) is 0.538. The molecule has 0 radical (unpaired) electrons. The lowest BCUT2D eigenvalue weighted by atomic mass is 10.1. The fourth-order valence-corrected chi connectivity index (χ4v) is 3.21. The molecule has 1 atom stereocenters. The average molecular weight is 268 g/mol. The van der Waals surface area contributed by atoms with Gasteiger partial charge in [0.2, 0.25) is 10.0 Å². The van der Waals surface area contributed by atoms with Gasteiger partial charge in [-0.3, -0.25) is 0 Å². The first-order valence-corrected chi connectivity index (χ1v) is 7.80. The van der Waals surface area contributed by atoms with Gasteiger partial charge in [-0.2, -0.15) is 0 Å². The zero-order valence-corrected chi connectivity index (χ0v) is 11.4. The molecule has 0 saturated heterocycles. The molecule has 1 unspecified atom stereocenters. The van der Waals surface area contributed by atoms with Crippen molar-refractivity contribution in [1.82, 2.24) is 4.72 Å². The Morgan fingerprint density at radius 1 is 1.44 bits per heavy atom. The van der Waals surface area contributed by atoms with Crippen LogP contribution in [0.1, 0.15) is 25.3 Å². The number of hydrogen-bond acceptors (Lipinski definition) is 3. The Balaban J connectivity index is 2.04. The molecular formula is C13H20N2O2S. The molecule has 0 heterocycles. The van der Waals surface area contributed by atoms with Crippen molar-refractivity contribution in [3.63, 3.8) is 0 Å². The van der Waals surface area contributed by atoms with Crippen LogP contribution in [0.3, 0.4) is 0 Å². The minimum atomic E-state index is -3.40. The van der Waals surface area contributed by atoms with Crippen molar-refractivity contribution < 1.29 is 8.42 Å². The van der Waals surface area contributed by atoms with Gasteiger partial charge in [0, 0.05) is 13.1 Å². The molecular weight excluding hydrogens is 248 g/mol. The van der Waals surface area contributed by atoms with Crippen molar-refractivity contribution in [3.05, 3.63) is 29.8 Å². The van der Waals surface area contributed by atoms with Crippen molar-refractivity contribution in [3.8, 4) is 0 Å². The highest BCUT2D eigenvalue weighted by atomic mass is 32.2. The first kappa shape index (κ1) is 13.5. The Labute approximate surface area is 109 Å². The van der Waals surface area contributed by atoms with E-state index in [4.69, 9.17) is 5.73 Å². The summed E-state index contributed by atoms with van der Waals surface area (Å²) >= 11 is 0. The topological polar surface area (TPSA) is 72.2 Å². The van der Waals surface area contributed by atoms with Crippen LogP contribution in [0.15, 0.2) is 29.2 Å². The number of benzene rings is 1. The highest BCUT2D eigenvalue weighted by molar-refractivity contribution is 7.89. The molecule has 0 aromatic heterocycles. The fourth-order valence-electron chi connectivity index (χ4n) is 2.00. The van der Waals surface area contributed by atoms with Crippen LogP contribution in [0.4, 0.5) is 0 Å². The van der Waals surface area contributed by atoms with Gasteiger partial charge in [0.15, 0.2) is 0 Å². The van der Waals surface area contributed by atoms with Crippen LogP contribution in [0.25, 0.3) is 0 Å². The summed E-state index contributed by atoms with van der Waals surface area (Å²) in [6, 6.07) is 6.78. The van der Waals surface area contributed by atoms with E-state index >= 15 is 0 Å². The van der Waals surface area contributed by atoms with E-state index < -0.39 is 10.0 Å². The van der Waals surface area contributed by atoms with E-state index in [0.717, 1.165) is 5.56 Å². The van der Waals surface area contributed by atoms with Gasteiger partial charge >= 0.3 is 0 Å². The van der Waals surface area contributed by atoms with Gasteiger partial charge in [-0.25, -0.2) is 13.1 Å². The van der Waals surface area contributed by atoms with E-state index in [0.29, 0.717) is 29.8 Å². The molecule has 18 heavy (non-hydrogen) atoms. The maximum Gasteiger partial charge on any atom is 0.240 e. The predicted molar refractivity (Wildman–Crippen MR) is 71.4 cm³/mol. The standard InChI is InChI=1S/C13H20N2O2S/c1-10(12-5-6-12)9-15-18(16,17)13-4-2-3-11(7-13)8-14/h2-4,7,10,12,15H,5-6,8-9,14H2,1H3. The van der Waals surface area contributed by atoms with E-state index in [1.165, 1.54) is 12.8 Å². The van der Waals surface area contributed by atoms with E-state index in [1.807, 2.05) is 6.07 Å². The summed E-state index contributed by atoms with van der Waals surface area (Å²) < 4.78 is 26.9. The molecule has 100 valence electrons. The average Bonchev–Trinajstić information content (AvgIpc) is 3.20. The Kier molecular flexibility index (Phi) is 4.04. The second kappa shape index (κ2) is 5.38. The Hall–Kier alpha value is -0.910. The molecule has 1 aliphatic rings. The molecule has 1 aromatic rings. The van der Waals surface area contributed by atoms with E-state index in [9.17, 15) is 8.42 Å². The van der Waals surface area contributed by atoms with Crippen LogP contribution in [0.2, 0.25) is 0 Å². The third-order valence-corrected chi connectivity index (χ3v) is 4.89. The number of nitrogens with two attached hydrogens (primary N) is 1. The van der Waals surface area contributed by atoms with Crippen LogP contribution >= 0.6 is 0 Å². The van der Waals surface area contributed by atoms with Crippen LogP contribution in [-0.4, -0.2) is 15.0 Å². The third kappa shape index (κ3) is 3.31. The monoisotopic (exact) mass is 268 g/mol. The quantitative estimate of drug-likeness (QED) is 0.820. The Morgan fingerprint density at radius 3 is 2.78 bits per heavy atom. The summed E-state index contributed by atoms with van der Waals surface area (Å²) in [5.41, 5.74) is 6.34. The van der Waals surface area contributed by atoms with Crippen molar-refractivity contribution in [2.45, 2.75) is 31.2 Å². The van der Waals surface area contributed by atoms with Crippen molar-refractivity contribution in [2.24, 2.45) is 17.6 Å². The minimum absolute atomic E-state index is 0.299. The number of hydrogen-bond donors (Lipinski definition) is 2. The molecule has 0 aliphatic heterocycles. The summed E-state index contributed by atoms with van der Waals surface area (Å²) in [4.78, 5) is 0.299. The molecule has 5 heteroatoms. The molecule has 1 saturated carbocycles. The second-order valence-electron chi connectivity index (χ2n) is 5.02. The van der Waals surface area contributed by atoms with Gasteiger partial charge in [-0.05, 0) is 42.4 Å². The lowest BCUT2D eigenvalue weighted by Crippen LogP contribution is -2.29. The zero-order chi connectivity index (χ0) is 13.2. The van der Waals surface area contributed by atoms with Gasteiger partial charge in [0.1, 0.15) is 0 Å². The van der Waals surface area contributed by atoms with Gasteiger partial charge in [0.25, 0.3) is 0 Å². The van der Waals surface area contributed by atoms with Crippen LogP contribution in [-0.2, 0) is 16.6 Å². The van der Waals surface area contributed by atoms with Crippen LogP contribution < -0.4 is 10.5 Å². The van der Waals surface area contributed by atoms with Gasteiger partial charge < -0.3 is 5.73 Å². The summed E-state index contributed by atoms with van der Waals surface area (Å²) in [5.74, 6) is 1.11. The second-order valence-corrected chi connectivity index (χ2v) is 6.79. The Morgan fingerprint density at radius 2 is 2.17 bits per heavy atom. The number of sulfonamides is 1. The van der Waals surface area contributed by atoms with Gasteiger partial charge in [-0.1, -0.05) is 19.1 Å². The minimum Gasteiger partial charge on any atom is -0.326 e. The smallest absolute Gasteiger partial charge is 0.240 e. The lowest BCUT2D eigenvalue weighted by Gasteiger charge is -2.12. The third-order valence-electron chi connectivity index (χ3n) is 3.47. The predicted octanol–water partition coefficient (Wildman–Crippen LogP) is 1.47. The summed E-state index contributed by atoms with van der Waals surface area (Å²) in [6.45, 7) is 2.96. The maximum atomic E-state index is 12.1. The maximum absolute atomic E-state index is 12.1. The van der Waals surface area contributed by atoms with Crippen molar-refractivity contribution >= 4 is 10.0 Å². The highest BCUT2D eigenvalue weighted by Crippen LogP contribution is 2.36. The van der Waals surface area contributed by atoms with E-state index in [1.54, 1.807) is 18.2 Å². The molecule has 0 amide bonds. The lowest BCUT2D eigenvalue weighted by molar-refractivity contribution is 0.492. The van der Waals surface area contributed by atoms with Crippen LogP contribution in [0, 0.1) is 11.8 Å². The largest absolute Gasteiger partial charge is 0.326 e. The summed E-state index contributed by atoms with van der Waals surface area (Å²) in [7, 11) is -3.40. The van der Waals surface area contributed by atoms with Crippen molar-refractivity contribution in [2.75, 3.05) is 6.54 Å². The molecule has 0 bridgehead atoms. The molecule has 1 aliphatic carbocycles. The first-order valence-electron chi connectivity index (χ1n) is 6.31.